The number of para-hydroxylation sites is 1. The highest BCUT2D eigenvalue weighted by Crippen LogP contribution is 2.19. The molecule has 30 heavy (non-hydrogen) atoms. The first kappa shape index (κ1) is 23.9. The highest BCUT2D eigenvalue weighted by Gasteiger charge is 2.21. The van der Waals surface area contributed by atoms with Gasteiger partial charge in [0.05, 0.1) is 17.1 Å². The SMILES string of the molecule is CCOCCOc1ccccc1C(=O)NCc1ccc(S(=O)(=O)N(CC)CC)cc1. The molecule has 0 radical (unpaired) electrons. The maximum atomic E-state index is 12.6. The van der Waals surface area contributed by atoms with Gasteiger partial charge in [-0.15, -0.1) is 0 Å². The number of carbonyl (C=O) groups excluding carboxylic acids is 1. The summed E-state index contributed by atoms with van der Waals surface area (Å²) >= 11 is 0. The van der Waals surface area contributed by atoms with Gasteiger partial charge in [-0.2, -0.15) is 4.31 Å². The average Bonchev–Trinajstić information content (AvgIpc) is 2.76. The van der Waals surface area contributed by atoms with Crippen LogP contribution in [0.25, 0.3) is 0 Å². The number of carbonyl (C=O) groups is 1. The van der Waals surface area contributed by atoms with Gasteiger partial charge in [-0.1, -0.05) is 38.1 Å². The Morgan fingerprint density at radius 3 is 2.27 bits per heavy atom. The molecule has 0 atom stereocenters. The topological polar surface area (TPSA) is 84.9 Å². The highest BCUT2D eigenvalue weighted by molar-refractivity contribution is 7.89. The molecule has 0 aliphatic rings. The van der Waals surface area contributed by atoms with Crippen molar-refractivity contribution in [1.82, 2.24) is 9.62 Å². The second-order valence-corrected chi connectivity index (χ2v) is 8.40. The van der Waals surface area contributed by atoms with Crippen molar-refractivity contribution in [3.8, 4) is 5.75 Å². The normalized spacial score (nSPS) is 11.5. The molecular weight excluding hydrogens is 404 g/mol. The molecule has 1 amide bonds. The van der Waals surface area contributed by atoms with Crippen LogP contribution in [0.15, 0.2) is 53.4 Å². The molecule has 0 aliphatic heterocycles. The maximum absolute atomic E-state index is 12.6. The summed E-state index contributed by atoms with van der Waals surface area (Å²) < 4.78 is 37.4. The molecule has 0 saturated carbocycles. The van der Waals surface area contributed by atoms with Gasteiger partial charge >= 0.3 is 0 Å². The summed E-state index contributed by atoms with van der Waals surface area (Å²) in [5.74, 6) is 0.234. The third-order valence-corrected chi connectivity index (χ3v) is 6.60. The molecule has 2 aromatic rings. The summed E-state index contributed by atoms with van der Waals surface area (Å²) in [6.07, 6.45) is 0. The molecule has 2 aromatic carbocycles. The van der Waals surface area contributed by atoms with Crippen molar-refractivity contribution in [2.45, 2.75) is 32.2 Å². The molecule has 7 nitrogen and oxygen atoms in total. The fraction of sp³-hybridized carbons (Fsp3) is 0.409. The highest BCUT2D eigenvalue weighted by atomic mass is 32.2. The Morgan fingerprint density at radius 2 is 1.63 bits per heavy atom. The van der Waals surface area contributed by atoms with E-state index in [1.807, 2.05) is 26.8 Å². The quantitative estimate of drug-likeness (QED) is 0.519. The van der Waals surface area contributed by atoms with Gasteiger partial charge in [0.2, 0.25) is 10.0 Å². The van der Waals surface area contributed by atoms with E-state index in [4.69, 9.17) is 9.47 Å². The third-order valence-electron chi connectivity index (χ3n) is 4.54. The number of amides is 1. The zero-order valence-electron chi connectivity index (χ0n) is 17.8. The predicted molar refractivity (Wildman–Crippen MR) is 116 cm³/mol. The number of hydrogen-bond acceptors (Lipinski definition) is 5. The minimum atomic E-state index is -3.49. The standard InChI is InChI=1S/C22H30N2O5S/c1-4-24(5-2)30(26,27)19-13-11-18(12-14-19)17-23-22(25)20-9-7-8-10-21(20)29-16-15-28-6-3/h7-14H,4-6,15-17H2,1-3H3,(H,23,25). The van der Waals surface area contributed by atoms with Crippen LogP contribution in [0.3, 0.4) is 0 Å². The molecule has 0 unspecified atom stereocenters. The summed E-state index contributed by atoms with van der Waals surface area (Å²) in [6.45, 7) is 8.07. The summed E-state index contributed by atoms with van der Waals surface area (Å²) in [6, 6.07) is 13.6. The second kappa shape index (κ2) is 11.7. The van der Waals surface area contributed by atoms with E-state index in [1.54, 1.807) is 42.5 Å². The van der Waals surface area contributed by atoms with E-state index in [2.05, 4.69) is 5.32 Å². The van der Waals surface area contributed by atoms with Gasteiger partial charge in [0.1, 0.15) is 12.4 Å². The van der Waals surface area contributed by atoms with Crippen molar-refractivity contribution in [2.75, 3.05) is 32.9 Å². The monoisotopic (exact) mass is 434 g/mol. The van der Waals surface area contributed by atoms with E-state index < -0.39 is 10.0 Å². The lowest BCUT2D eigenvalue weighted by Gasteiger charge is -2.18. The summed E-state index contributed by atoms with van der Waals surface area (Å²) in [5, 5.41) is 2.85. The van der Waals surface area contributed by atoms with Crippen LogP contribution in [-0.4, -0.2) is 51.5 Å². The van der Waals surface area contributed by atoms with E-state index >= 15 is 0 Å². The van der Waals surface area contributed by atoms with Gasteiger partial charge in [-0.25, -0.2) is 8.42 Å². The van der Waals surface area contributed by atoms with Gasteiger partial charge in [0.15, 0.2) is 0 Å². The van der Waals surface area contributed by atoms with Crippen LogP contribution in [-0.2, 0) is 21.3 Å². The zero-order chi connectivity index (χ0) is 22.0. The number of benzene rings is 2. The van der Waals surface area contributed by atoms with Gasteiger partial charge in [0, 0.05) is 26.2 Å². The van der Waals surface area contributed by atoms with E-state index in [0.717, 1.165) is 5.56 Å². The van der Waals surface area contributed by atoms with E-state index in [-0.39, 0.29) is 17.3 Å². The summed E-state index contributed by atoms with van der Waals surface area (Å²) in [4.78, 5) is 12.8. The molecule has 1 N–H and O–H groups in total. The molecule has 0 bridgehead atoms. The average molecular weight is 435 g/mol. The van der Waals surface area contributed by atoms with Crippen LogP contribution in [0.5, 0.6) is 5.75 Å². The Kier molecular flexibility index (Phi) is 9.29. The fourth-order valence-electron chi connectivity index (χ4n) is 2.90. The van der Waals surface area contributed by atoms with Crippen LogP contribution >= 0.6 is 0 Å². The fourth-order valence-corrected chi connectivity index (χ4v) is 4.36. The molecule has 164 valence electrons. The minimum Gasteiger partial charge on any atom is -0.490 e. The van der Waals surface area contributed by atoms with Crippen molar-refractivity contribution >= 4 is 15.9 Å². The third kappa shape index (κ3) is 6.29. The number of sulfonamides is 1. The number of nitrogens with one attached hydrogen (secondary N) is 1. The second-order valence-electron chi connectivity index (χ2n) is 6.46. The molecular formula is C22H30N2O5S. The number of hydrogen-bond donors (Lipinski definition) is 1. The van der Waals surface area contributed by atoms with Gasteiger partial charge < -0.3 is 14.8 Å². The lowest BCUT2D eigenvalue weighted by Crippen LogP contribution is -2.30. The molecule has 0 heterocycles. The number of nitrogens with zero attached hydrogens (tertiary/aromatic N) is 1. The Labute approximate surface area is 179 Å². The first-order chi connectivity index (χ1) is 14.4. The largest absolute Gasteiger partial charge is 0.490 e. The van der Waals surface area contributed by atoms with Crippen molar-refractivity contribution in [3.05, 3.63) is 59.7 Å². The first-order valence-corrected chi connectivity index (χ1v) is 11.5. The molecule has 0 aliphatic carbocycles. The molecule has 0 saturated heterocycles. The lowest BCUT2D eigenvalue weighted by atomic mass is 10.1. The van der Waals surface area contributed by atoms with Crippen molar-refractivity contribution in [3.63, 3.8) is 0 Å². The van der Waals surface area contributed by atoms with Gasteiger partial charge in [0.25, 0.3) is 5.91 Å². The van der Waals surface area contributed by atoms with Crippen LogP contribution in [0, 0.1) is 0 Å². The van der Waals surface area contributed by atoms with E-state index in [9.17, 15) is 13.2 Å². The van der Waals surface area contributed by atoms with Crippen molar-refractivity contribution < 1.29 is 22.7 Å². The van der Waals surface area contributed by atoms with E-state index in [0.29, 0.717) is 44.2 Å². The van der Waals surface area contributed by atoms with Gasteiger partial charge in [-0.05, 0) is 36.8 Å². The number of ether oxygens (including phenoxy) is 2. The lowest BCUT2D eigenvalue weighted by molar-refractivity contribution is 0.0934. The zero-order valence-corrected chi connectivity index (χ0v) is 18.6. The Hall–Kier alpha value is -2.42. The molecule has 0 spiro atoms. The Morgan fingerprint density at radius 1 is 0.967 bits per heavy atom. The predicted octanol–water partition coefficient (Wildman–Crippen LogP) is 3.06. The molecule has 0 fully saturated rings. The molecule has 2 rings (SSSR count). The Bertz CT molecular complexity index is 909. The van der Waals surface area contributed by atoms with Crippen molar-refractivity contribution in [1.29, 1.82) is 0 Å². The molecule has 0 aromatic heterocycles. The Balaban J connectivity index is 2.00. The maximum Gasteiger partial charge on any atom is 0.255 e. The number of rotatable bonds is 12. The van der Waals surface area contributed by atoms with E-state index in [1.165, 1.54) is 4.31 Å². The van der Waals surface area contributed by atoms with Crippen LogP contribution in [0.2, 0.25) is 0 Å². The van der Waals surface area contributed by atoms with Crippen LogP contribution < -0.4 is 10.1 Å². The van der Waals surface area contributed by atoms with Crippen LogP contribution in [0.1, 0.15) is 36.7 Å². The smallest absolute Gasteiger partial charge is 0.255 e. The van der Waals surface area contributed by atoms with Crippen molar-refractivity contribution in [2.24, 2.45) is 0 Å². The molecule has 8 heteroatoms. The minimum absolute atomic E-state index is 0.245. The van der Waals surface area contributed by atoms with Gasteiger partial charge in [-0.3, -0.25) is 4.79 Å². The van der Waals surface area contributed by atoms with Crippen LogP contribution in [0.4, 0.5) is 0 Å². The summed E-state index contributed by atoms with van der Waals surface area (Å²) in [7, 11) is -3.49. The first-order valence-electron chi connectivity index (χ1n) is 10.1. The summed E-state index contributed by atoms with van der Waals surface area (Å²) in [5.41, 5.74) is 1.24.